The number of benzene rings is 2. The van der Waals surface area contributed by atoms with Crippen LogP contribution in [0.5, 0.6) is 0 Å². The van der Waals surface area contributed by atoms with E-state index in [-0.39, 0.29) is 23.8 Å². The van der Waals surface area contributed by atoms with Crippen molar-refractivity contribution in [3.63, 3.8) is 0 Å². The fourth-order valence-corrected chi connectivity index (χ4v) is 3.36. The zero-order valence-electron chi connectivity index (χ0n) is 18.2. The van der Waals surface area contributed by atoms with Gasteiger partial charge >= 0.3 is 0 Å². The molecule has 2 aromatic rings. The van der Waals surface area contributed by atoms with E-state index in [4.69, 9.17) is 0 Å². The number of rotatable bonds is 6. The minimum absolute atomic E-state index is 0.0572. The van der Waals surface area contributed by atoms with Crippen molar-refractivity contribution in [3.8, 4) is 0 Å². The number of aryl methyl sites for hydroxylation is 2. The zero-order valence-corrected chi connectivity index (χ0v) is 19.8. The second-order valence-electron chi connectivity index (χ2n) is 8.67. The summed E-state index contributed by atoms with van der Waals surface area (Å²) in [6.45, 7) is 12.0. The highest BCUT2D eigenvalue weighted by molar-refractivity contribution is 9.10. The SMILES string of the molecule is Cc1ccc(C)c(CC(=O)N(Cc2ccc(Br)cc2)C(C)C(=O)NC(C)(C)C)c1. The van der Waals surface area contributed by atoms with Crippen LogP contribution in [0.2, 0.25) is 0 Å². The second-order valence-corrected chi connectivity index (χ2v) is 9.59. The fraction of sp³-hybridized carbons (Fsp3) is 0.417. The molecule has 0 heterocycles. The second kappa shape index (κ2) is 9.57. The van der Waals surface area contributed by atoms with Crippen molar-refractivity contribution in [1.29, 1.82) is 0 Å². The number of carbonyl (C=O) groups is 2. The smallest absolute Gasteiger partial charge is 0.242 e. The molecule has 2 aromatic carbocycles. The Morgan fingerprint density at radius 2 is 1.69 bits per heavy atom. The van der Waals surface area contributed by atoms with Gasteiger partial charge in [-0.3, -0.25) is 9.59 Å². The number of halogens is 1. The first-order valence-corrected chi connectivity index (χ1v) is 10.7. The maximum atomic E-state index is 13.3. The van der Waals surface area contributed by atoms with Crippen LogP contribution in [0.1, 0.15) is 49.9 Å². The third-order valence-electron chi connectivity index (χ3n) is 4.78. The quantitative estimate of drug-likeness (QED) is 0.665. The van der Waals surface area contributed by atoms with Gasteiger partial charge in [0.2, 0.25) is 11.8 Å². The molecule has 1 unspecified atom stereocenters. The fourth-order valence-electron chi connectivity index (χ4n) is 3.10. The summed E-state index contributed by atoms with van der Waals surface area (Å²) in [4.78, 5) is 27.8. The average Bonchev–Trinajstić information content (AvgIpc) is 2.62. The zero-order chi connectivity index (χ0) is 21.8. The highest BCUT2D eigenvalue weighted by Crippen LogP contribution is 2.18. The first-order valence-electron chi connectivity index (χ1n) is 9.88. The lowest BCUT2D eigenvalue weighted by Crippen LogP contribution is -2.52. The van der Waals surface area contributed by atoms with Crippen molar-refractivity contribution in [1.82, 2.24) is 10.2 Å². The van der Waals surface area contributed by atoms with Gasteiger partial charge in [-0.25, -0.2) is 0 Å². The van der Waals surface area contributed by atoms with Crippen LogP contribution in [0, 0.1) is 13.8 Å². The molecule has 2 rings (SSSR count). The van der Waals surface area contributed by atoms with Gasteiger partial charge < -0.3 is 10.2 Å². The minimum Gasteiger partial charge on any atom is -0.350 e. The average molecular weight is 459 g/mol. The summed E-state index contributed by atoms with van der Waals surface area (Å²) in [5.41, 5.74) is 3.83. The van der Waals surface area contributed by atoms with E-state index in [1.807, 2.05) is 77.1 Å². The molecule has 0 radical (unpaired) electrons. The molecule has 1 atom stereocenters. The molecule has 0 spiro atoms. The van der Waals surface area contributed by atoms with Gasteiger partial charge in [-0.1, -0.05) is 51.8 Å². The maximum Gasteiger partial charge on any atom is 0.242 e. The van der Waals surface area contributed by atoms with Crippen LogP contribution in [0.25, 0.3) is 0 Å². The Hall–Kier alpha value is -2.14. The van der Waals surface area contributed by atoms with E-state index in [9.17, 15) is 9.59 Å². The molecular weight excluding hydrogens is 428 g/mol. The van der Waals surface area contributed by atoms with Crippen molar-refractivity contribution in [3.05, 3.63) is 69.2 Å². The number of nitrogens with zero attached hydrogens (tertiary/aromatic N) is 1. The Labute approximate surface area is 182 Å². The predicted molar refractivity (Wildman–Crippen MR) is 122 cm³/mol. The topological polar surface area (TPSA) is 49.4 Å². The number of carbonyl (C=O) groups excluding carboxylic acids is 2. The Bertz CT molecular complexity index is 869. The highest BCUT2D eigenvalue weighted by atomic mass is 79.9. The van der Waals surface area contributed by atoms with E-state index in [1.54, 1.807) is 11.8 Å². The molecule has 29 heavy (non-hydrogen) atoms. The summed E-state index contributed by atoms with van der Waals surface area (Å²) in [6.07, 6.45) is 0.275. The normalized spacial score (nSPS) is 12.4. The lowest BCUT2D eigenvalue weighted by molar-refractivity contribution is -0.140. The van der Waals surface area contributed by atoms with Crippen LogP contribution < -0.4 is 5.32 Å². The van der Waals surface area contributed by atoms with Crippen molar-refractivity contribution >= 4 is 27.7 Å². The summed E-state index contributed by atoms with van der Waals surface area (Å²) < 4.78 is 0.980. The van der Waals surface area contributed by atoms with E-state index in [0.717, 1.165) is 26.7 Å². The Morgan fingerprint density at radius 3 is 2.28 bits per heavy atom. The molecule has 156 valence electrons. The van der Waals surface area contributed by atoms with Crippen molar-refractivity contribution in [2.45, 2.75) is 66.1 Å². The summed E-state index contributed by atoms with van der Waals surface area (Å²) >= 11 is 3.44. The van der Waals surface area contributed by atoms with Crippen molar-refractivity contribution in [2.24, 2.45) is 0 Å². The van der Waals surface area contributed by atoms with E-state index in [0.29, 0.717) is 6.54 Å². The van der Waals surface area contributed by atoms with Gasteiger partial charge in [-0.05, 0) is 70.4 Å². The third-order valence-corrected chi connectivity index (χ3v) is 5.31. The molecule has 0 saturated heterocycles. The van der Waals surface area contributed by atoms with Gasteiger partial charge in [0.15, 0.2) is 0 Å². The van der Waals surface area contributed by atoms with E-state index in [1.165, 1.54) is 0 Å². The molecule has 0 aromatic heterocycles. The molecule has 0 aliphatic rings. The summed E-state index contributed by atoms with van der Waals surface area (Å²) in [6, 6.07) is 13.4. The molecule has 0 aliphatic carbocycles. The molecule has 0 fully saturated rings. The highest BCUT2D eigenvalue weighted by Gasteiger charge is 2.28. The van der Waals surface area contributed by atoms with Gasteiger partial charge in [0, 0.05) is 16.6 Å². The molecular formula is C24H31BrN2O2. The van der Waals surface area contributed by atoms with Crippen LogP contribution in [-0.2, 0) is 22.6 Å². The number of hydrogen-bond acceptors (Lipinski definition) is 2. The van der Waals surface area contributed by atoms with Crippen LogP contribution in [0.4, 0.5) is 0 Å². The lowest BCUT2D eigenvalue weighted by Gasteiger charge is -2.31. The third kappa shape index (κ3) is 7.00. The van der Waals surface area contributed by atoms with Crippen LogP contribution >= 0.6 is 15.9 Å². The van der Waals surface area contributed by atoms with Gasteiger partial charge in [-0.2, -0.15) is 0 Å². The minimum atomic E-state index is -0.574. The van der Waals surface area contributed by atoms with E-state index in [2.05, 4.69) is 21.2 Å². The van der Waals surface area contributed by atoms with Gasteiger partial charge in [-0.15, -0.1) is 0 Å². The van der Waals surface area contributed by atoms with Gasteiger partial charge in [0.05, 0.1) is 6.42 Å². The molecule has 1 N–H and O–H groups in total. The molecule has 0 saturated carbocycles. The molecule has 0 aliphatic heterocycles. The Kier molecular flexibility index (Phi) is 7.64. The van der Waals surface area contributed by atoms with Crippen molar-refractivity contribution < 1.29 is 9.59 Å². The lowest BCUT2D eigenvalue weighted by atomic mass is 10.0. The maximum absolute atomic E-state index is 13.3. The van der Waals surface area contributed by atoms with Crippen LogP contribution in [0.15, 0.2) is 46.9 Å². The first kappa shape index (κ1) is 23.1. The molecule has 0 bridgehead atoms. The Balaban J connectivity index is 2.29. The Morgan fingerprint density at radius 1 is 1.07 bits per heavy atom. The summed E-state index contributed by atoms with van der Waals surface area (Å²) in [7, 11) is 0. The van der Waals surface area contributed by atoms with E-state index >= 15 is 0 Å². The standard InChI is InChI=1S/C24H31BrN2O2/c1-16-7-8-17(2)20(13-16)14-22(28)27(15-19-9-11-21(25)12-10-19)18(3)23(29)26-24(4,5)6/h7-13,18H,14-15H2,1-6H3,(H,26,29). The molecule has 5 heteroatoms. The summed E-state index contributed by atoms with van der Waals surface area (Å²) in [5, 5.41) is 2.99. The van der Waals surface area contributed by atoms with Crippen LogP contribution in [0.3, 0.4) is 0 Å². The predicted octanol–water partition coefficient (Wildman–Crippen LogP) is 4.94. The van der Waals surface area contributed by atoms with E-state index < -0.39 is 6.04 Å². The van der Waals surface area contributed by atoms with Crippen molar-refractivity contribution in [2.75, 3.05) is 0 Å². The van der Waals surface area contributed by atoms with Gasteiger partial charge in [0.1, 0.15) is 6.04 Å². The first-order chi connectivity index (χ1) is 13.5. The van der Waals surface area contributed by atoms with Gasteiger partial charge in [0.25, 0.3) is 0 Å². The molecule has 2 amide bonds. The molecule has 4 nitrogen and oxygen atoms in total. The number of nitrogens with one attached hydrogen (secondary N) is 1. The number of amides is 2. The monoisotopic (exact) mass is 458 g/mol. The largest absolute Gasteiger partial charge is 0.350 e. The van der Waals surface area contributed by atoms with Crippen LogP contribution in [-0.4, -0.2) is 28.3 Å². The summed E-state index contributed by atoms with van der Waals surface area (Å²) in [5.74, 6) is -0.206. The number of hydrogen-bond donors (Lipinski definition) is 1.